The molecule has 7 heteroatoms. The van der Waals surface area contributed by atoms with E-state index in [1.165, 1.54) is 6.26 Å². The molecule has 104 valence electrons. The number of aromatic nitrogens is 1. The highest BCUT2D eigenvalue weighted by Crippen LogP contribution is 2.30. The van der Waals surface area contributed by atoms with Crippen LogP contribution < -0.4 is 5.32 Å². The van der Waals surface area contributed by atoms with Gasteiger partial charge in [-0.15, -0.1) is 0 Å². The Bertz CT molecular complexity index is 629. The van der Waals surface area contributed by atoms with Crippen LogP contribution >= 0.6 is 0 Å². The van der Waals surface area contributed by atoms with Crippen molar-refractivity contribution in [3.8, 4) is 6.07 Å². The van der Waals surface area contributed by atoms with Crippen molar-refractivity contribution in [2.24, 2.45) is 0 Å². The summed E-state index contributed by atoms with van der Waals surface area (Å²) in [5, 5.41) is 11.7. The largest absolute Gasteiger partial charge is 0.467 e. The zero-order valence-corrected chi connectivity index (χ0v) is 10.4. The van der Waals surface area contributed by atoms with Crippen LogP contribution in [0.2, 0.25) is 0 Å². The van der Waals surface area contributed by atoms with Gasteiger partial charge in [0.25, 0.3) is 0 Å². The van der Waals surface area contributed by atoms with Gasteiger partial charge in [0.1, 0.15) is 23.3 Å². The average Bonchev–Trinajstić information content (AvgIpc) is 2.91. The molecule has 0 aliphatic carbocycles. The molecule has 0 aliphatic heterocycles. The lowest BCUT2D eigenvalue weighted by Gasteiger charge is -2.15. The van der Waals surface area contributed by atoms with Gasteiger partial charge in [-0.2, -0.15) is 18.4 Å². The number of rotatable bonds is 3. The molecule has 0 aromatic carbocycles. The number of hydrogen-bond acceptors (Lipinski definition) is 4. The van der Waals surface area contributed by atoms with Crippen molar-refractivity contribution in [3.05, 3.63) is 47.5 Å². The van der Waals surface area contributed by atoms with Gasteiger partial charge in [0.15, 0.2) is 0 Å². The van der Waals surface area contributed by atoms with E-state index >= 15 is 0 Å². The molecule has 0 saturated carbocycles. The van der Waals surface area contributed by atoms with Gasteiger partial charge in [-0.1, -0.05) is 0 Å². The molecule has 2 heterocycles. The van der Waals surface area contributed by atoms with Crippen LogP contribution in [0.1, 0.15) is 30.0 Å². The Balaban J connectivity index is 2.32. The number of halogens is 3. The van der Waals surface area contributed by atoms with Gasteiger partial charge in [-0.05, 0) is 31.2 Å². The molecular formula is C13H10F3N3O. The summed E-state index contributed by atoms with van der Waals surface area (Å²) in [4.78, 5) is 3.46. The second-order valence-electron chi connectivity index (χ2n) is 4.08. The predicted molar refractivity (Wildman–Crippen MR) is 64.7 cm³/mol. The van der Waals surface area contributed by atoms with E-state index in [9.17, 15) is 13.2 Å². The Morgan fingerprint density at radius 1 is 1.35 bits per heavy atom. The van der Waals surface area contributed by atoms with Gasteiger partial charge in [0, 0.05) is 0 Å². The van der Waals surface area contributed by atoms with E-state index in [2.05, 4.69) is 10.3 Å². The van der Waals surface area contributed by atoms with Crippen molar-refractivity contribution >= 4 is 5.82 Å². The van der Waals surface area contributed by atoms with Crippen LogP contribution in [0.5, 0.6) is 0 Å². The summed E-state index contributed by atoms with van der Waals surface area (Å²) < 4.78 is 43.0. The minimum absolute atomic E-state index is 0.0383. The average molecular weight is 281 g/mol. The molecule has 0 saturated heterocycles. The number of furan rings is 1. The molecule has 0 fully saturated rings. The molecule has 0 bridgehead atoms. The van der Waals surface area contributed by atoms with Crippen LogP contribution in [-0.4, -0.2) is 4.98 Å². The topological polar surface area (TPSA) is 61.9 Å². The van der Waals surface area contributed by atoms with Crippen LogP contribution in [0, 0.1) is 11.3 Å². The van der Waals surface area contributed by atoms with Gasteiger partial charge in [0.05, 0.1) is 17.9 Å². The fourth-order valence-corrected chi connectivity index (χ4v) is 1.63. The summed E-state index contributed by atoms with van der Waals surface area (Å²) in [6, 6.07) is 6.60. The monoisotopic (exact) mass is 281 g/mol. The third-order valence-electron chi connectivity index (χ3n) is 2.63. The van der Waals surface area contributed by atoms with Crippen LogP contribution in [0.4, 0.5) is 19.0 Å². The minimum Gasteiger partial charge on any atom is -0.467 e. The van der Waals surface area contributed by atoms with E-state index in [1.807, 2.05) is 0 Å². The number of nitriles is 1. The van der Waals surface area contributed by atoms with E-state index in [1.54, 1.807) is 25.1 Å². The number of alkyl halides is 3. The van der Waals surface area contributed by atoms with E-state index in [4.69, 9.17) is 9.68 Å². The Hall–Kier alpha value is -2.49. The molecule has 1 atom stereocenters. The Labute approximate surface area is 112 Å². The van der Waals surface area contributed by atoms with Crippen molar-refractivity contribution in [2.45, 2.75) is 19.1 Å². The maximum atomic E-state index is 12.6. The molecule has 2 aromatic rings. The van der Waals surface area contributed by atoms with Crippen molar-refractivity contribution in [1.29, 1.82) is 5.26 Å². The lowest BCUT2D eigenvalue weighted by atomic mass is 10.2. The molecule has 0 aliphatic rings. The van der Waals surface area contributed by atoms with Gasteiger partial charge >= 0.3 is 6.18 Å². The maximum Gasteiger partial charge on any atom is 0.433 e. The Morgan fingerprint density at radius 3 is 2.65 bits per heavy atom. The van der Waals surface area contributed by atoms with Crippen LogP contribution in [0.15, 0.2) is 34.9 Å². The molecule has 0 radical (unpaired) electrons. The summed E-state index contributed by atoms with van der Waals surface area (Å²) in [5.74, 6) is 0.416. The first-order valence-electron chi connectivity index (χ1n) is 5.70. The standard InChI is InChI=1S/C13H10F3N3O/c1-8(10-3-2-6-20-10)18-12-9(7-17)4-5-11(19-12)13(14,15)16/h2-6,8H,1H3,(H,18,19). The summed E-state index contributed by atoms with van der Waals surface area (Å²) >= 11 is 0. The van der Waals surface area contributed by atoms with Gasteiger partial charge in [-0.3, -0.25) is 0 Å². The van der Waals surface area contributed by atoms with Crippen molar-refractivity contribution in [2.75, 3.05) is 5.32 Å². The van der Waals surface area contributed by atoms with E-state index in [-0.39, 0.29) is 11.4 Å². The first-order valence-corrected chi connectivity index (χ1v) is 5.70. The van der Waals surface area contributed by atoms with E-state index in [0.29, 0.717) is 5.76 Å². The highest BCUT2D eigenvalue weighted by Gasteiger charge is 2.33. The van der Waals surface area contributed by atoms with Crippen LogP contribution in [0.3, 0.4) is 0 Å². The first kappa shape index (κ1) is 13.9. The molecule has 4 nitrogen and oxygen atoms in total. The van der Waals surface area contributed by atoms with Crippen LogP contribution in [-0.2, 0) is 6.18 Å². The quantitative estimate of drug-likeness (QED) is 0.931. The maximum absolute atomic E-state index is 12.6. The molecule has 1 N–H and O–H groups in total. The second kappa shape index (κ2) is 5.25. The summed E-state index contributed by atoms with van der Waals surface area (Å²) in [7, 11) is 0. The highest BCUT2D eigenvalue weighted by molar-refractivity contribution is 5.53. The van der Waals surface area contributed by atoms with E-state index in [0.717, 1.165) is 12.1 Å². The summed E-state index contributed by atoms with van der Waals surface area (Å²) in [6.45, 7) is 1.70. The second-order valence-corrected chi connectivity index (χ2v) is 4.08. The predicted octanol–water partition coefficient (Wildman–Crippen LogP) is 3.74. The molecule has 0 spiro atoms. The number of pyridine rings is 1. The molecule has 0 amide bonds. The number of anilines is 1. The smallest absolute Gasteiger partial charge is 0.433 e. The third kappa shape index (κ3) is 2.91. The molecular weight excluding hydrogens is 271 g/mol. The number of hydrogen-bond donors (Lipinski definition) is 1. The first-order chi connectivity index (χ1) is 9.41. The normalized spacial score (nSPS) is 12.8. The zero-order chi connectivity index (χ0) is 14.8. The molecule has 2 aromatic heterocycles. The van der Waals surface area contributed by atoms with E-state index < -0.39 is 17.9 Å². The van der Waals surface area contributed by atoms with Gasteiger partial charge in [0.2, 0.25) is 0 Å². The fraction of sp³-hybridized carbons (Fsp3) is 0.231. The SMILES string of the molecule is CC(Nc1nc(C(F)(F)F)ccc1C#N)c1ccco1. The third-order valence-corrected chi connectivity index (χ3v) is 2.63. The van der Waals surface area contributed by atoms with Crippen molar-refractivity contribution < 1.29 is 17.6 Å². The van der Waals surface area contributed by atoms with Crippen LogP contribution in [0.25, 0.3) is 0 Å². The molecule has 2 rings (SSSR count). The Kier molecular flexibility index (Phi) is 3.66. The fourth-order valence-electron chi connectivity index (χ4n) is 1.63. The van der Waals surface area contributed by atoms with Gasteiger partial charge < -0.3 is 9.73 Å². The van der Waals surface area contributed by atoms with Gasteiger partial charge in [-0.25, -0.2) is 4.98 Å². The minimum atomic E-state index is -4.56. The molecule has 20 heavy (non-hydrogen) atoms. The lowest BCUT2D eigenvalue weighted by Crippen LogP contribution is -2.13. The number of nitrogens with zero attached hydrogens (tertiary/aromatic N) is 2. The number of nitrogens with one attached hydrogen (secondary N) is 1. The summed E-state index contributed by atoms with van der Waals surface area (Å²) in [5.41, 5.74) is -1.01. The van der Waals surface area contributed by atoms with Crippen molar-refractivity contribution in [1.82, 2.24) is 4.98 Å². The van der Waals surface area contributed by atoms with Crippen molar-refractivity contribution in [3.63, 3.8) is 0 Å². The highest BCUT2D eigenvalue weighted by atomic mass is 19.4. The summed E-state index contributed by atoms with van der Waals surface area (Å²) in [6.07, 6.45) is -3.10. The zero-order valence-electron chi connectivity index (χ0n) is 10.4. The Morgan fingerprint density at radius 2 is 2.10 bits per heavy atom. The lowest BCUT2D eigenvalue weighted by molar-refractivity contribution is -0.141. The molecule has 1 unspecified atom stereocenters.